The van der Waals surface area contributed by atoms with Gasteiger partial charge in [-0.3, -0.25) is 0 Å². The molecule has 1 aromatic rings. The number of carboxylic acids is 1. The Bertz CT molecular complexity index is 260. The van der Waals surface area contributed by atoms with E-state index >= 15 is 0 Å². The molecule has 0 saturated carbocycles. The first-order valence-electron chi connectivity index (χ1n) is 4.29. The van der Waals surface area contributed by atoms with E-state index in [0.717, 1.165) is 6.08 Å². The van der Waals surface area contributed by atoms with Crippen LogP contribution < -0.4 is 0 Å². The first-order chi connectivity index (χ1) is 6.77. The summed E-state index contributed by atoms with van der Waals surface area (Å²) in [4.78, 5) is 9.75. The van der Waals surface area contributed by atoms with Crippen LogP contribution in [0, 0.1) is 0 Å². The molecule has 0 unspecified atom stereocenters. The van der Waals surface area contributed by atoms with Crippen LogP contribution in [-0.4, -0.2) is 11.1 Å². The van der Waals surface area contributed by atoms with Crippen LogP contribution in [-0.2, 0) is 4.79 Å². The van der Waals surface area contributed by atoms with Crippen LogP contribution in [0.3, 0.4) is 0 Å². The van der Waals surface area contributed by atoms with Crippen molar-refractivity contribution in [3.8, 4) is 0 Å². The molecule has 1 N–H and O–H groups in total. The molecule has 0 spiro atoms. The topological polar surface area (TPSA) is 37.3 Å². The highest BCUT2D eigenvalue weighted by molar-refractivity contribution is 5.80. The number of allylic oxidation sites excluding steroid dienone is 3. The van der Waals surface area contributed by atoms with Gasteiger partial charge < -0.3 is 5.11 Å². The number of rotatable bonds is 2. The second-order valence-corrected chi connectivity index (χ2v) is 2.38. The van der Waals surface area contributed by atoms with E-state index in [4.69, 9.17) is 5.11 Å². The molecule has 0 amide bonds. The zero-order valence-corrected chi connectivity index (χ0v) is 8.13. The lowest BCUT2D eigenvalue weighted by Gasteiger charge is -1.72. The maximum absolute atomic E-state index is 9.75. The second kappa shape index (κ2) is 9.26. The maximum Gasteiger partial charge on any atom is 0.328 e. The first kappa shape index (κ1) is 12.2. The van der Waals surface area contributed by atoms with E-state index in [9.17, 15) is 4.79 Å². The van der Waals surface area contributed by atoms with Crippen LogP contribution in [0.4, 0.5) is 0 Å². The summed E-state index contributed by atoms with van der Waals surface area (Å²) >= 11 is 0. The first-order valence-corrected chi connectivity index (χ1v) is 4.29. The van der Waals surface area contributed by atoms with Gasteiger partial charge in [0.25, 0.3) is 0 Å². The van der Waals surface area contributed by atoms with Crippen molar-refractivity contribution in [3.05, 3.63) is 60.7 Å². The van der Waals surface area contributed by atoms with Crippen molar-refractivity contribution in [1.82, 2.24) is 0 Å². The van der Waals surface area contributed by atoms with Crippen LogP contribution in [0.15, 0.2) is 60.7 Å². The summed E-state index contributed by atoms with van der Waals surface area (Å²) in [5, 5.41) is 8.02. The third-order valence-corrected chi connectivity index (χ3v) is 1.21. The molecule has 0 heterocycles. The zero-order valence-electron chi connectivity index (χ0n) is 8.13. The molecule has 0 bridgehead atoms. The van der Waals surface area contributed by atoms with Gasteiger partial charge in [-0.25, -0.2) is 4.79 Å². The Morgan fingerprint density at radius 2 is 1.43 bits per heavy atom. The van der Waals surface area contributed by atoms with E-state index in [1.165, 1.54) is 6.08 Å². The quantitative estimate of drug-likeness (QED) is 0.575. The number of carboxylic acid groups (broad SMARTS) is 1. The Morgan fingerprint density at radius 1 is 1.00 bits per heavy atom. The smallest absolute Gasteiger partial charge is 0.328 e. The highest BCUT2D eigenvalue weighted by Gasteiger charge is 1.78. The van der Waals surface area contributed by atoms with Crippen molar-refractivity contribution < 1.29 is 9.90 Å². The van der Waals surface area contributed by atoms with E-state index in [-0.39, 0.29) is 0 Å². The molecule has 2 heteroatoms. The van der Waals surface area contributed by atoms with Gasteiger partial charge in [0.2, 0.25) is 0 Å². The lowest BCUT2D eigenvalue weighted by molar-refractivity contribution is -0.131. The molecule has 0 atom stereocenters. The van der Waals surface area contributed by atoms with Crippen LogP contribution in [0.25, 0.3) is 0 Å². The van der Waals surface area contributed by atoms with Crippen molar-refractivity contribution in [1.29, 1.82) is 0 Å². The Balaban J connectivity index is 0.000000249. The highest BCUT2D eigenvalue weighted by Crippen LogP contribution is 1.79. The Morgan fingerprint density at radius 3 is 1.71 bits per heavy atom. The zero-order chi connectivity index (χ0) is 10.6. The van der Waals surface area contributed by atoms with Gasteiger partial charge in [0.05, 0.1) is 0 Å². The minimum Gasteiger partial charge on any atom is -0.478 e. The van der Waals surface area contributed by atoms with Crippen LogP contribution in [0.2, 0.25) is 0 Å². The molecule has 0 fully saturated rings. The van der Waals surface area contributed by atoms with Gasteiger partial charge in [-0.05, 0) is 6.92 Å². The number of hydrogen-bond acceptors (Lipinski definition) is 1. The highest BCUT2D eigenvalue weighted by atomic mass is 16.4. The molecule has 0 saturated heterocycles. The Labute approximate surface area is 84.2 Å². The van der Waals surface area contributed by atoms with Gasteiger partial charge in [-0.15, -0.1) is 0 Å². The van der Waals surface area contributed by atoms with Crippen LogP contribution in [0.1, 0.15) is 6.92 Å². The average molecular weight is 190 g/mol. The second-order valence-electron chi connectivity index (χ2n) is 2.38. The van der Waals surface area contributed by atoms with E-state index in [1.54, 1.807) is 12.2 Å². The summed E-state index contributed by atoms with van der Waals surface area (Å²) in [6, 6.07) is 12.0. The van der Waals surface area contributed by atoms with Gasteiger partial charge in [0, 0.05) is 6.08 Å². The summed E-state index contributed by atoms with van der Waals surface area (Å²) in [6.45, 7) is 1.83. The molecule has 74 valence electrons. The van der Waals surface area contributed by atoms with Crippen LogP contribution in [0.5, 0.6) is 0 Å². The lowest BCUT2D eigenvalue weighted by atomic mass is 10.4. The van der Waals surface area contributed by atoms with Gasteiger partial charge in [0.1, 0.15) is 0 Å². The fourth-order valence-corrected chi connectivity index (χ4v) is 0.634. The minimum absolute atomic E-state index is 0.914. The summed E-state index contributed by atoms with van der Waals surface area (Å²) in [5.41, 5.74) is 0. The molecule has 1 rings (SSSR count). The largest absolute Gasteiger partial charge is 0.478 e. The third-order valence-electron chi connectivity index (χ3n) is 1.21. The summed E-state index contributed by atoms with van der Waals surface area (Å²) in [7, 11) is 0. The monoisotopic (exact) mass is 190 g/mol. The SMILES string of the molecule is C/C=C/C=C/C(=O)O.c1ccccc1. The predicted octanol–water partition coefficient (Wildman–Crippen LogP) is 2.89. The minimum atomic E-state index is -0.914. The number of benzene rings is 1. The van der Waals surface area contributed by atoms with E-state index < -0.39 is 5.97 Å². The van der Waals surface area contributed by atoms with Crippen LogP contribution >= 0.6 is 0 Å². The van der Waals surface area contributed by atoms with Crippen molar-refractivity contribution in [2.75, 3.05) is 0 Å². The normalized spacial score (nSPS) is 9.79. The number of aliphatic carboxylic acids is 1. The third kappa shape index (κ3) is 10.2. The van der Waals surface area contributed by atoms with Crippen molar-refractivity contribution in [2.24, 2.45) is 0 Å². The van der Waals surface area contributed by atoms with E-state index in [0.29, 0.717) is 0 Å². The lowest BCUT2D eigenvalue weighted by Crippen LogP contribution is -1.83. The average Bonchev–Trinajstić information content (AvgIpc) is 2.21. The summed E-state index contributed by atoms with van der Waals surface area (Å²) in [6.07, 6.45) is 5.98. The molecule has 2 nitrogen and oxygen atoms in total. The molecule has 0 aliphatic carbocycles. The molecule has 0 radical (unpaired) electrons. The Kier molecular flexibility index (Phi) is 8.05. The standard InChI is InChI=1S/C6H8O2.C6H6/c1-2-3-4-5-6(7)8;1-2-4-6-5-3-1/h2-5H,1H3,(H,7,8);1-6H/b3-2+,5-4+;. The van der Waals surface area contributed by atoms with Gasteiger partial charge in [-0.2, -0.15) is 0 Å². The molecule has 0 aromatic heterocycles. The molecular weight excluding hydrogens is 176 g/mol. The summed E-state index contributed by atoms with van der Waals surface area (Å²) < 4.78 is 0. The molecular formula is C12H14O2. The van der Waals surface area contributed by atoms with E-state index in [2.05, 4.69) is 0 Å². The fourth-order valence-electron chi connectivity index (χ4n) is 0.634. The van der Waals surface area contributed by atoms with Crippen molar-refractivity contribution >= 4 is 5.97 Å². The van der Waals surface area contributed by atoms with Gasteiger partial charge in [0.15, 0.2) is 0 Å². The fraction of sp³-hybridized carbons (Fsp3) is 0.0833. The molecule has 0 aliphatic heterocycles. The summed E-state index contributed by atoms with van der Waals surface area (Å²) in [5.74, 6) is -0.914. The number of carbonyl (C=O) groups is 1. The number of hydrogen-bond donors (Lipinski definition) is 1. The predicted molar refractivity (Wildman–Crippen MR) is 58.0 cm³/mol. The van der Waals surface area contributed by atoms with Gasteiger partial charge in [-0.1, -0.05) is 54.6 Å². The molecule has 0 aliphatic rings. The van der Waals surface area contributed by atoms with Crippen molar-refractivity contribution in [3.63, 3.8) is 0 Å². The molecule has 14 heavy (non-hydrogen) atoms. The maximum atomic E-state index is 9.75. The van der Waals surface area contributed by atoms with Gasteiger partial charge >= 0.3 is 5.97 Å². The van der Waals surface area contributed by atoms with Crippen molar-refractivity contribution in [2.45, 2.75) is 6.92 Å². The van der Waals surface area contributed by atoms with E-state index in [1.807, 2.05) is 43.3 Å². The molecule has 1 aromatic carbocycles. The Hall–Kier alpha value is -1.83.